The zero-order valence-electron chi connectivity index (χ0n) is 10.7. The van der Waals surface area contributed by atoms with Gasteiger partial charge in [0.2, 0.25) is 5.91 Å². The van der Waals surface area contributed by atoms with Crippen LogP contribution in [0, 0.1) is 0 Å². The largest absolute Gasteiger partial charge is 0.495 e. The molecule has 1 aliphatic rings. The highest BCUT2D eigenvalue weighted by Crippen LogP contribution is 2.12. The maximum atomic E-state index is 11.8. The molecular weight excluding hydrogens is 283 g/mol. The molecule has 1 aromatic rings. The van der Waals surface area contributed by atoms with Crippen molar-refractivity contribution in [1.29, 1.82) is 0 Å². The molecule has 108 valence electrons. The van der Waals surface area contributed by atoms with E-state index in [1.807, 2.05) is 17.5 Å². The third-order valence-electron chi connectivity index (χ3n) is 2.86. The van der Waals surface area contributed by atoms with Crippen LogP contribution in [0.15, 0.2) is 17.5 Å². The van der Waals surface area contributed by atoms with Gasteiger partial charge >= 0.3 is 13.1 Å². The van der Waals surface area contributed by atoms with E-state index in [4.69, 9.17) is 9.86 Å². The van der Waals surface area contributed by atoms with E-state index in [9.17, 15) is 14.6 Å². The summed E-state index contributed by atoms with van der Waals surface area (Å²) in [7, 11) is -1.23. The van der Waals surface area contributed by atoms with Crippen LogP contribution in [-0.4, -0.2) is 53.2 Å². The van der Waals surface area contributed by atoms with E-state index in [1.54, 1.807) is 0 Å². The minimum absolute atomic E-state index is 0.188. The summed E-state index contributed by atoms with van der Waals surface area (Å²) in [6.45, 7) is 0.0419. The fraction of sp³-hybridized carbons (Fsp3) is 0.455. The summed E-state index contributed by atoms with van der Waals surface area (Å²) in [5, 5.41) is 24.2. The number of carbonyl (C=O) groups excluding carboxylic acids is 1. The fourth-order valence-corrected chi connectivity index (χ4v) is 2.65. The molecule has 1 amide bonds. The highest BCUT2D eigenvalue weighted by atomic mass is 32.1. The van der Waals surface area contributed by atoms with Crippen molar-refractivity contribution < 1.29 is 24.5 Å². The number of aliphatic carboxylic acids is 1. The number of carboxylic acid groups (broad SMARTS) is 1. The van der Waals surface area contributed by atoms with Gasteiger partial charge in [0, 0.05) is 11.4 Å². The van der Waals surface area contributed by atoms with Gasteiger partial charge < -0.3 is 20.2 Å². The lowest BCUT2D eigenvalue weighted by Crippen LogP contribution is -2.56. The maximum Gasteiger partial charge on any atom is 0.495 e. The maximum absolute atomic E-state index is 11.8. The lowest BCUT2D eigenvalue weighted by atomic mass is 9.76. The van der Waals surface area contributed by atoms with Gasteiger partial charge in [0.15, 0.2) is 0 Å². The molecule has 20 heavy (non-hydrogen) atoms. The molecule has 0 unspecified atom stereocenters. The van der Waals surface area contributed by atoms with Crippen LogP contribution >= 0.6 is 11.3 Å². The number of carbonyl (C=O) groups is 2. The predicted octanol–water partition coefficient (Wildman–Crippen LogP) is -0.483. The van der Waals surface area contributed by atoms with E-state index in [0.717, 1.165) is 4.88 Å². The van der Waals surface area contributed by atoms with E-state index in [1.165, 1.54) is 16.4 Å². The second-order valence-corrected chi connectivity index (χ2v) is 5.50. The molecule has 1 aliphatic heterocycles. The molecule has 3 N–H and O–H groups in total. The Morgan fingerprint density at radius 2 is 2.40 bits per heavy atom. The molecule has 2 heterocycles. The van der Waals surface area contributed by atoms with Crippen LogP contribution in [0.1, 0.15) is 11.3 Å². The van der Waals surface area contributed by atoms with Crippen molar-refractivity contribution in [3.05, 3.63) is 22.4 Å². The Kier molecular flexibility index (Phi) is 5.13. The molecule has 0 bridgehead atoms. The summed E-state index contributed by atoms with van der Waals surface area (Å²) in [4.78, 5) is 23.3. The van der Waals surface area contributed by atoms with Crippen LogP contribution < -0.4 is 5.32 Å². The van der Waals surface area contributed by atoms with Gasteiger partial charge in [0.25, 0.3) is 0 Å². The van der Waals surface area contributed by atoms with Gasteiger partial charge in [-0.05, 0) is 17.9 Å². The summed E-state index contributed by atoms with van der Waals surface area (Å²) in [6.07, 6.45) is 0.699. The van der Waals surface area contributed by atoms with Gasteiger partial charge in [-0.1, -0.05) is 6.07 Å². The van der Waals surface area contributed by atoms with Gasteiger partial charge in [-0.15, -0.1) is 11.3 Å². The Hall–Kier alpha value is -1.42. The highest BCUT2D eigenvalue weighted by Gasteiger charge is 2.36. The molecule has 7 nitrogen and oxygen atoms in total. The first-order valence-electron chi connectivity index (χ1n) is 6.18. The first-order valence-corrected chi connectivity index (χ1v) is 7.06. The molecular formula is C11H15BN2O5S. The number of hydrogen-bond donors (Lipinski definition) is 3. The Morgan fingerprint density at radius 1 is 1.60 bits per heavy atom. The minimum Gasteiger partial charge on any atom is -0.480 e. The van der Waals surface area contributed by atoms with E-state index >= 15 is 0 Å². The summed E-state index contributed by atoms with van der Waals surface area (Å²) >= 11 is 1.49. The predicted molar refractivity (Wildman–Crippen MR) is 72.8 cm³/mol. The average molecular weight is 298 g/mol. The van der Waals surface area contributed by atoms with Crippen LogP contribution in [0.5, 0.6) is 0 Å². The van der Waals surface area contributed by atoms with Gasteiger partial charge in [-0.25, -0.2) is 0 Å². The number of nitrogens with zero attached hydrogens (tertiary/aromatic N) is 1. The van der Waals surface area contributed by atoms with Crippen LogP contribution in [0.2, 0.25) is 0 Å². The summed E-state index contributed by atoms with van der Waals surface area (Å²) in [5.74, 6) is -1.74. The normalized spacial score (nSPS) is 19.9. The first kappa shape index (κ1) is 15.0. The third-order valence-corrected chi connectivity index (χ3v) is 3.74. The number of hydrogen-bond acceptors (Lipinski definition) is 6. The van der Waals surface area contributed by atoms with Crippen LogP contribution in [0.4, 0.5) is 0 Å². The Bertz CT molecular complexity index is 469. The van der Waals surface area contributed by atoms with Crippen molar-refractivity contribution in [2.24, 2.45) is 0 Å². The number of amides is 1. The molecule has 0 aliphatic carbocycles. The lowest BCUT2D eigenvalue weighted by Gasteiger charge is -2.32. The van der Waals surface area contributed by atoms with E-state index < -0.39 is 19.0 Å². The molecule has 0 radical (unpaired) electrons. The summed E-state index contributed by atoms with van der Waals surface area (Å²) in [5.41, 5.74) is 0. The second kappa shape index (κ2) is 6.84. The molecule has 1 atom stereocenters. The standard InChI is InChI=1S/C11H15BN2O5S/c15-10(6-8-2-1-5-20-8)13-9-3-4-14(7-11(16)17)19-12(9)18/h1-2,5,9,18H,3-4,6-7H2,(H,13,15)(H,16,17)/t9-/m0/s1. The number of thiophene rings is 1. The van der Waals surface area contributed by atoms with Crippen molar-refractivity contribution in [2.75, 3.05) is 13.1 Å². The molecule has 9 heteroatoms. The Morgan fingerprint density at radius 3 is 3.00 bits per heavy atom. The number of hydroxylamine groups is 2. The minimum atomic E-state index is -1.23. The lowest BCUT2D eigenvalue weighted by molar-refractivity contribution is -0.154. The molecule has 2 rings (SSSR count). The Balaban J connectivity index is 1.79. The number of carboxylic acids is 1. The Labute approximate surface area is 120 Å². The van der Waals surface area contributed by atoms with Crippen molar-refractivity contribution >= 4 is 30.3 Å². The van der Waals surface area contributed by atoms with Crippen LogP contribution in [0.3, 0.4) is 0 Å². The molecule has 0 aromatic carbocycles. The topological polar surface area (TPSA) is 99.1 Å². The highest BCUT2D eigenvalue weighted by molar-refractivity contribution is 7.10. The van der Waals surface area contributed by atoms with E-state index in [-0.39, 0.29) is 18.9 Å². The van der Waals surface area contributed by atoms with Gasteiger partial charge in [-0.3, -0.25) is 9.59 Å². The van der Waals surface area contributed by atoms with Crippen molar-refractivity contribution in [3.8, 4) is 0 Å². The number of nitrogens with one attached hydrogen (secondary N) is 1. The van der Waals surface area contributed by atoms with Gasteiger partial charge in [0.1, 0.15) is 6.54 Å². The van der Waals surface area contributed by atoms with Crippen molar-refractivity contribution in [2.45, 2.75) is 18.8 Å². The third kappa shape index (κ3) is 4.31. The second-order valence-electron chi connectivity index (χ2n) is 4.47. The smallest absolute Gasteiger partial charge is 0.480 e. The molecule has 0 saturated carbocycles. The summed E-state index contributed by atoms with van der Waals surface area (Å²) < 4.78 is 5.04. The molecule has 0 spiro atoms. The van der Waals surface area contributed by atoms with E-state index in [0.29, 0.717) is 13.0 Å². The molecule has 1 aromatic heterocycles. The number of rotatable bonds is 5. The SMILES string of the molecule is O=C(O)CN1CC[C@H](NC(=O)Cc2cccs2)B(O)O1. The van der Waals surface area contributed by atoms with Crippen molar-refractivity contribution in [1.82, 2.24) is 10.4 Å². The fourth-order valence-electron chi connectivity index (χ4n) is 1.94. The van der Waals surface area contributed by atoms with Crippen molar-refractivity contribution in [3.63, 3.8) is 0 Å². The monoisotopic (exact) mass is 298 g/mol. The quantitative estimate of drug-likeness (QED) is 0.635. The van der Waals surface area contributed by atoms with Crippen LogP contribution in [-0.2, 0) is 20.8 Å². The zero-order chi connectivity index (χ0) is 14.5. The van der Waals surface area contributed by atoms with Gasteiger partial charge in [-0.2, -0.15) is 5.06 Å². The van der Waals surface area contributed by atoms with Crippen LogP contribution in [0.25, 0.3) is 0 Å². The molecule has 1 fully saturated rings. The first-order chi connectivity index (χ1) is 9.54. The van der Waals surface area contributed by atoms with E-state index in [2.05, 4.69) is 5.32 Å². The zero-order valence-corrected chi connectivity index (χ0v) is 11.5. The molecule has 1 saturated heterocycles. The van der Waals surface area contributed by atoms with Gasteiger partial charge in [0.05, 0.1) is 12.4 Å². The average Bonchev–Trinajstić information content (AvgIpc) is 2.84. The summed E-state index contributed by atoms with van der Waals surface area (Å²) in [6, 6.07) is 3.74.